The van der Waals surface area contributed by atoms with Crippen molar-refractivity contribution >= 4 is 17.5 Å². The number of carbonyl (C=O) groups excluding carboxylic acids is 2. The van der Waals surface area contributed by atoms with Gasteiger partial charge in [0.1, 0.15) is 5.69 Å². The molecule has 1 fully saturated rings. The van der Waals surface area contributed by atoms with Crippen LogP contribution in [-0.4, -0.2) is 52.8 Å². The van der Waals surface area contributed by atoms with Gasteiger partial charge in [0.05, 0.1) is 11.9 Å². The number of hydrogen-bond acceptors (Lipinski definition) is 4. The maximum atomic E-state index is 12.5. The Morgan fingerprint density at radius 2 is 1.81 bits per heavy atom. The maximum absolute atomic E-state index is 12.5. The molecule has 2 amide bonds. The van der Waals surface area contributed by atoms with Gasteiger partial charge in [0.15, 0.2) is 0 Å². The first kappa shape index (κ1) is 17.9. The summed E-state index contributed by atoms with van der Waals surface area (Å²) in [6.45, 7) is 6.60. The molecule has 0 radical (unpaired) electrons. The molecule has 1 aliphatic heterocycles. The van der Waals surface area contributed by atoms with Gasteiger partial charge in [-0.05, 0) is 24.6 Å². The minimum absolute atomic E-state index is 0.0549. The lowest BCUT2D eigenvalue weighted by Crippen LogP contribution is -2.50. The molecule has 1 N–H and O–H groups in total. The molecule has 0 unspecified atom stereocenters. The molecule has 0 aliphatic carbocycles. The van der Waals surface area contributed by atoms with Crippen LogP contribution in [0.25, 0.3) is 0 Å². The molecule has 6 heteroatoms. The first-order chi connectivity index (χ1) is 12.5. The normalized spacial score (nSPS) is 14.2. The Hall–Kier alpha value is -2.89. The molecule has 2 aromatic rings. The van der Waals surface area contributed by atoms with E-state index in [0.29, 0.717) is 38.4 Å². The lowest BCUT2D eigenvalue weighted by molar-refractivity contribution is -0.130. The van der Waals surface area contributed by atoms with Crippen LogP contribution >= 0.6 is 0 Å². The maximum Gasteiger partial charge on any atom is 0.272 e. The summed E-state index contributed by atoms with van der Waals surface area (Å²) >= 11 is 0. The Morgan fingerprint density at radius 3 is 2.42 bits per heavy atom. The van der Waals surface area contributed by atoms with Crippen molar-refractivity contribution in [3.63, 3.8) is 0 Å². The number of carbonyl (C=O) groups is 2. The van der Waals surface area contributed by atoms with Crippen LogP contribution < -0.4 is 5.32 Å². The molecule has 1 aliphatic rings. The van der Waals surface area contributed by atoms with Crippen molar-refractivity contribution in [3.05, 3.63) is 59.4 Å². The van der Waals surface area contributed by atoms with Crippen LogP contribution in [0.5, 0.6) is 0 Å². The molecule has 6 nitrogen and oxygen atoms in total. The number of hydrogen-bond donors (Lipinski definition) is 1. The van der Waals surface area contributed by atoms with Crippen molar-refractivity contribution in [2.45, 2.75) is 20.4 Å². The Bertz CT molecular complexity index is 781. The summed E-state index contributed by atoms with van der Waals surface area (Å²) < 4.78 is 0. The zero-order chi connectivity index (χ0) is 18.5. The second-order valence-electron chi connectivity index (χ2n) is 6.57. The number of amides is 2. The minimum atomic E-state index is -0.0848. The highest BCUT2D eigenvalue weighted by Crippen LogP contribution is 2.12. The van der Waals surface area contributed by atoms with E-state index in [2.05, 4.69) is 35.4 Å². The number of piperazine rings is 1. The van der Waals surface area contributed by atoms with Gasteiger partial charge in [0.25, 0.3) is 5.91 Å². The average molecular weight is 352 g/mol. The van der Waals surface area contributed by atoms with E-state index in [1.165, 1.54) is 11.1 Å². The molecule has 0 saturated carbocycles. The van der Waals surface area contributed by atoms with Gasteiger partial charge in [-0.1, -0.05) is 29.8 Å². The summed E-state index contributed by atoms with van der Waals surface area (Å²) in [5.74, 6) is -0.0299. The number of nitrogens with one attached hydrogen (secondary N) is 1. The molecule has 1 saturated heterocycles. The minimum Gasteiger partial charge on any atom is -0.380 e. The highest BCUT2D eigenvalue weighted by atomic mass is 16.2. The van der Waals surface area contributed by atoms with Crippen LogP contribution in [0.15, 0.2) is 42.6 Å². The summed E-state index contributed by atoms with van der Waals surface area (Å²) in [6.07, 6.45) is 1.69. The molecule has 0 atom stereocenters. The van der Waals surface area contributed by atoms with Gasteiger partial charge in [-0.25, -0.2) is 4.98 Å². The fraction of sp³-hybridized carbons (Fsp3) is 0.350. The smallest absolute Gasteiger partial charge is 0.272 e. The highest BCUT2D eigenvalue weighted by molar-refractivity contribution is 5.92. The van der Waals surface area contributed by atoms with E-state index in [0.717, 1.165) is 5.69 Å². The number of rotatable bonds is 4. The third kappa shape index (κ3) is 4.39. The van der Waals surface area contributed by atoms with Gasteiger partial charge < -0.3 is 15.1 Å². The van der Waals surface area contributed by atoms with Crippen LogP contribution in [0.1, 0.15) is 28.5 Å². The standard InChI is InChI=1S/C20H24N4O2/c1-15-4-3-5-17(12-15)13-21-18-6-7-19(22-14-18)20(26)24-10-8-23(9-11-24)16(2)25/h3-7,12,14,21H,8-11,13H2,1-2H3. The van der Waals surface area contributed by atoms with E-state index >= 15 is 0 Å². The average Bonchev–Trinajstić information content (AvgIpc) is 2.66. The molecular weight excluding hydrogens is 328 g/mol. The Labute approximate surface area is 153 Å². The third-order valence-corrected chi connectivity index (χ3v) is 4.57. The summed E-state index contributed by atoms with van der Waals surface area (Å²) in [4.78, 5) is 31.7. The molecule has 1 aromatic carbocycles. The largest absolute Gasteiger partial charge is 0.380 e. The lowest BCUT2D eigenvalue weighted by atomic mass is 10.1. The highest BCUT2D eigenvalue weighted by Gasteiger charge is 2.23. The van der Waals surface area contributed by atoms with Crippen LogP contribution in [-0.2, 0) is 11.3 Å². The molecule has 26 heavy (non-hydrogen) atoms. The zero-order valence-corrected chi connectivity index (χ0v) is 15.2. The predicted octanol–water partition coefficient (Wildman–Crippen LogP) is 2.31. The van der Waals surface area contributed by atoms with Crippen LogP contribution in [0.3, 0.4) is 0 Å². The number of pyridine rings is 1. The fourth-order valence-corrected chi connectivity index (χ4v) is 3.04. The van der Waals surface area contributed by atoms with E-state index in [1.807, 2.05) is 12.1 Å². The molecular formula is C20H24N4O2. The van der Waals surface area contributed by atoms with Crippen molar-refractivity contribution in [2.24, 2.45) is 0 Å². The summed E-state index contributed by atoms with van der Waals surface area (Å²) in [7, 11) is 0. The SMILES string of the molecule is CC(=O)N1CCN(C(=O)c2ccc(NCc3cccc(C)c3)cn2)CC1. The summed E-state index contributed by atoms with van der Waals surface area (Å²) in [6, 6.07) is 11.9. The van der Waals surface area contributed by atoms with E-state index in [4.69, 9.17) is 0 Å². The van der Waals surface area contributed by atoms with Crippen LogP contribution in [0.2, 0.25) is 0 Å². The first-order valence-electron chi connectivity index (χ1n) is 8.83. The Balaban J connectivity index is 1.55. The van der Waals surface area contributed by atoms with E-state index in [9.17, 15) is 9.59 Å². The summed E-state index contributed by atoms with van der Waals surface area (Å²) in [5.41, 5.74) is 3.74. The number of aromatic nitrogens is 1. The Kier molecular flexibility index (Phi) is 5.51. The molecule has 1 aromatic heterocycles. The zero-order valence-electron chi connectivity index (χ0n) is 15.2. The predicted molar refractivity (Wildman–Crippen MR) is 101 cm³/mol. The number of aryl methyl sites for hydroxylation is 1. The molecule has 2 heterocycles. The van der Waals surface area contributed by atoms with E-state index in [-0.39, 0.29) is 11.8 Å². The van der Waals surface area contributed by atoms with Crippen LogP contribution in [0.4, 0.5) is 5.69 Å². The van der Waals surface area contributed by atoms with Crippen molar-refractivity contribution in [1.29, 1.82) is 0 Å². The number of benzene rings is 1. The van der Waals surface area contributed by atoms with E-state index in [1.54, 1.807) is 29.0 Å². The van der Waals surface area contributed by atoms with Gasteiger partial charge in [-0.2, -0.15) is 0 Å². The fourth-order valence-electron chi connectivity index (χ4n) is 3.04. The van der Waals surface area contributed by atoms with Gasteiger partial charge in [-0.15, -0.1) is 0 Å². The third-order valence-electron chi connectivity index (χ3n) is 4.57. The monoisotopic (exact) mass is 352 g/mol. The van der Waals surface area contributed by atoms with E-state index < -0.39 is 0 Å². The molecule has 0 spiro atoms. The van der Waals surface area contributed by atoms with Gasteiger partial charge in [0.2, 0.25) is 5.91 Å². The summed E-state index contributed by atoms with van der Waals surface area (Å²) in [5, 5.41) is 3.32. The lowest BCUT2D eigenvalue weighted by Gasteiger charge is -2.34. The quantitative estimate of drug-likeness (QED) is 0.917. The first-order valence-corrected chi connectivity index (χ1v) is 8.83. The van der Waals surface area contributed by atoms with Crippen molar-refractivity contribution in [1.82, 2.24) is 14.8 Å². The van der Waals surface area contributed by atoms with Gasteiger partial charge in [-0.3, -0.25) is 9.59 Å². The molecule has 136 valence electrons. The number of anilines is 1. The topological polar surface area (TPSA) is 65.5 Å². The van der Waals surface area contributed by atoms with Crippen LogP contribution in [0, 0.1) is 6.92 Å². The van der Waals surface area contributed by atoms with Gasteiger partial charge in [0, 0.05) is 39.6 Å². The molecule has 0 bridgehead atoms. The van der Waals surface area contributed by atoms with Crippen molar-refractivity contribution in [3.8, 4) is 0 Å². The molecule has 3 rings (SSSR count). The number of nitrogens with zero attached hydrogens (tertiary/aromatic N) is 3. The van der Waals surface area contributed by atoms with Crippen molar-refractivity contribution < 1.29 is 9.59 Å². The second-order valence-corrected chi connectivity index (χ2v) is 6.57. The Morgan fingerprint density at radius 1 is 1.08 bits per heavy atom. The van der Waals surface area contributed by atoms with Gasteiger partial charge >= 0.3 is 0 Å². The second kappa shape index (κ2) is 7.99. The van der Waals surface area contributed by atoms with Crippen molar-refractivity contribution in [2.75, 3.05) is 31.5 Å².